The second-order valence-electron chi connectivity index (χ2n) is 2.81. The molecule has 6 heteroatoms. The highest BCUT2D eigenvalue weighted by Gasteiger charge is 2.12. The van der Waals surface area contributed by atoms with E-state index in [1.807, 2.05) is 0 Å². The number of anilines is 1. The number of halogens is 1. The van der Waals surface area contributed by atoms with Crippen LogP contribution in [0.15, 0.2) is 12.1 Å². The van der Waals surface area contributed by atoms with E-state index in [1.54, 1.807) is 0 Å². The van der Waals surface area contributed by atoms with E-state index in [0.717, 1.165) is 12.1 Å². The Hall–Kier alpha value is -1.82. The predicted octanol–water partition coefficient (Wildman–Crippen LogP) is -0.122. The van der Waals surface area contributed by atoms with Gasteiger partial charge in [0.15, 0.2) is 11.6 Å². The SMILES string of the molecule is NC(=O)c1cc(OCCO)c(F)cc1N. The maximum Gasteiger partial charge on any atom is 0.250 e. The number of hydrogen-bond acceptors (Lipinski definition) is 4. The summed E-state index contributed by atoms with van der Waals surface area (Å²) in [6.07, 6.45) is 0. The molecule has 0 spiro atoms. The topological polar surface area (TPSA) is 98.6 Å². The van der Waals surface area contributed by atoms with Crippen LogP contribution in [-0.4, -0.2) is 24.2 Å². The van der Waals surface area contributed by atoms with Gasteiger partial charge in [-0.3, -0.25) is 4.79 Å². The predicted molar refractivity (Wildman–Crippen MR) is 51.9 cm³/mol. The van der Waals surface area contributed by atoms with Gasteiger partial charge < -0.3 is 21.3 Å². The summed E-state index contributed by atoms with van der Waals surface area (Å²) in [6.45, 7) is -0.325. The summed E-state index contributed by atoms with van der Waals surface area (Å²) in [5.41, 5.74) is 10.3. The summed E-state index contributed by atoms with van der Waals surface area (Å²) in [5.74, 6) is -1.63. The van der Waals surface area contributed by atoms with Crippen molar-refractivity contribution in [2.45, 2.75) is 0 Å². The molecular weight excluding hydrogens is 203 g/mol. The number of amides is 1. The first-order valence-corrected chi connectivity index (χ1v) is 4.18. The lowest BCUT2D eigenvalue weighted by atomic mass is 10.1. The second-order valence-corrected chi connectivity index (χ2v) is 2.81. The number of hydrogen-bond donors (Lipinski definition) is 3. The van der Waals surface area contributed by atoms with E-state index in [1.165, 1.54) is 0 Å². The molecule has 0 saturated carbocycles. The summed E-state index contributed by atoms with van der Waals surface area (Å²) >= 11 is 0. The zero-order chi connectivity index (χ0) is 11.4. The zero-order valence-corrected chi connectivity index (χ0v) is 7.87. The van der Waals surface area contributed by atoms with Crippen LogP contribution in [0.1, 0.15) is 10.4 Å². The lowest BCUT2D eigenvalue weighted by Gasteiger charge is -2.08. The normalized spacial score (nSPS) is 10.0. The highest BCUT2D eigenvalue weighted by Crippen LogP contribution is 2.23. The fourth-order valence-corrected chi connectivity index (χ4v) is 1.05. The third-order valence-electron chi connectivity index (χ3n) is 1.72. The van der Waals surface area contributed by atoms with E-state index < -0.39 is 11.7 Å². The molecule has 82 valence electrons. The van der Waals surface area contributed by atoms with Crippen molar-refractivity contribution in [3.63, 3.8) is 0 Å². The number of benzene rings is 1. The number of primary amides is 1. The van der Waals surface area contributed by atoms with E-state index >= 15 is 0 Å². The average Bonchev–Trinajstić information content (AvgIpc) is 2.16. The fraction of sp³-hybridized carbons (Fsp3) is 0.222. The van der Waals surface area contributed by atoms with E-state index in [2.05, 4.69) is 0 Å². The molecule has 0 atom stereocenters. The van der Waals surface area contributed by atoms with Crippen LogP contribution in [0.3, 0.4) is 0 Å². The number of aliphatic hydroxyl groups excluding tert-OH is 1. The van der Waals surface area contributed by atoms with E-state index in [-0.39, 0.29) is 30.2 Å². The number of carbonyl (C=O) groups excluding carboxylic acids is 1. The van der Waals surface area contributed by atoms with Crippen LogP contribution >= 0.6 is 0 Å². The van der Waals surface area contributed by atoms with Crippen molar-refractivity contribution in [1.82, 2.24) is 0 Å². The second kappa shape index (κ2) is 4.61. The molecule has 0 aliphatic heterocycles. The Morgan fingerprint density at radius 1 is 1.53 bits per heavy atom. The molecule has 0 aromatic heterocycles. The summed E-state index contributed by atoms with van der Waals surface area (Å²) in [6, 6.07) is 2.06. The molecular formula is C9H11FN2O3. The van der Waals surface area contributed by atoms with E-state index in [9.17, 15) is 9.18 Å². The average molecular weight is 214 g/mol. The quantitative estimate of drug-likeness (QED) is 0.608. The molecule has 1 aromatic rings. The van der Waals surface area contributed by atoms with Gasteiger partial charge in [-0.1, -0.05) is 0 Å². The first kappa shape index (κ1) is 11.3. The lowest BCUT2D eigenvalue weighted by molar-refractivity contribution is 0.100. The Morgan fingerprint density at radius 2 is 2.20 bits per heavy atom. The molecule has 0 saturated heterocycles. The molecule has 15 heavy (non-hydrogen) atoms. The zero-order valence-electron chi connectivity index (χ0n) is 7.87. The molecule has 1 amide bonds. The lowest BCUT2D eigenvalue weighted by Crippen LogP contribution is -2.14. The van der Waals surface area contributed by atoms with Crippen LogP contribution in [0.25, 0.3) is 0 Å². The van der Waals surface area contributed by atoms with Crippen molar-refractivity contribution in [3.05, 3.63) is 23.5 Å². The molecule has 1 rings (SSSR count). The maximum atomic E-state index is 13.2. The number of rotatable bonds is 4. The highest BCUT2D eigenvalue weighted by atomic mass is 19.1. The Morgan fingerprint density at radius 3 is 2.73 bits per heavy atom. The van der Waals surface area contributed by atoms with Crippen molar-refractivity contribution in [3.8, 4) is 5.75 Å². The van der Waals surface area contributed by atoms with Gasteiger partial charge in [0.25, 0.3) is 5.91 Å². The number of aliphatic hydroxyl groups is 1. The van der Waals surface area contributed by atoms with E-state index in [4.69, 9.17) is 21.3 Å². The Kier molecular flexibility index (Phi) is 3.46. The largest absolute Gasteiger partial charge is 0.488 e. The van der Waals surface area contributed by atoms with Crippen LogP contribution in [-0.2, 0) is 0 Å². The maximum absolute atomic E-state index is 13.2. The van der Waals surface area contributed by atoms with Crippen LogP contribution in [0.5, 0.6) is 5.75 Å². The van der Waals surface area contributed by atoms with Crippen LogP contribution in [0, 0.1) is 5.82 Å². The van der Waals surface area contributed by atoms with Crippen molar-refractivity contribution in [2.75, 3.05) is 18.9 Å². The molecule has 0 unspecified atom stereocenters. The minimum Gasteiger partial charge on any atom is -0.488 e. The van der Waals surface area contributed by atoms with Crippen molar-refractivity contribution in [2.24, 2.45) is 5.73 Å². The van der Waals surface area contributed by atoms with Gasteiger partial charge in [-0.2, -0.15) is 0 Å². The molecule has 0 heterocycles. The Balaban J connectivity index is 3.06. The van der Waals surface area contributed by atoms with Gasteiger partial charge in [-0.25, -0.2) is 4.39 Å². The van der Waals surface area contributed by atoms with Crippen LogP contribution in [0.2, 0.25) is 0 Å². The monoisotopic (exact) mass is 214 g/mol. The third kappa shape index (κ3) is 2.57. The number of ether oxygens (including phenoxy) is 1. The number of nitrogens with two attached hydrogens (primary N) is 2. The molecule has 0 aliphatic rings. The van der Waals surface area contributed by atoms with Gasteiger partial charge in [0.2, 0.25) is 0 Å². The van der Waals surface area contributed by atoms with Gasteiger partial charge in [-0.05, 0) is 6.07 Å². The summed E-state index contributed by atoms with van der Waals surface area (Å²) in [7, 11) is 0. The first-order chi connectivity index (χ1) is 7.06. The van der Waals surface area contributed by atoms with E-state index in [0.29, 0.717) is 0 Å². The van der Waals surface area contributed by atoms with Gasteiger partial charge in [0.05, 0.1) is 12.2 Å². The summed E-state index contributed by atoms with van der Waals surface area (Å²) < 4.78 is 18.0. The van der Waals surface area contributed by atoms with Crippen molar-refractivity contribution in [1.29, 1.82) is 0 Å². The molecule has 0 aliphatic carbocycles. The molecule has 1 aromatic carbocycles. The summed E-state index contributed by atoms with van der Waals surface area (Å²) in [4.78, 5) is 10.9. The molecule has 5 nitrogen and oxygen atoms in total. The highest BCUT2D eigenvalue weighted by molar-refractivity contribution is 5.98. The van der Waals surface area contributed by atoms with Gasteiger partial charge in [0.1, 0.15) is 6.61 Å². The van der Waals surface area contributed by atoms with Crippen molar-refractivity contribution >= 4 is 11.6 Å². The van der Waals surface area contributed by atoms with Gasteiger partial charge >= 0.3 is 0 Å². The van der Waals surface area contributed by atoms with Gasteiger partial charge in [0, 0.05) is 11.8 Å². The van der Waals surface area contributed by atoms with Crippen LogP contribution in [0.4, 0.5) is 10.1 Å². The standard InChI is InChI=1S/C9H11FN2O3/c10-6-4-7(11)5(9(12)14)3-8(6)15-2-1-13/h3-4,13H,1-2,11H2,(H2,12,14). The molecule has 0 radical (unpaired) electrons. The third-order valence-corrected chi connectivity index (χ3v) is 1.72. The first-order valence-electron chi connectivity index (χ1n) is 4.18. The molecule has 0 bridgehead atoms. The van der Waals surface area contributed by atoms with Gasteiger partial charge in [-0.15, -0.1) is 0 Å². The number of nitrogen functional groups attached to an aromatic ring is 1. The minimum absolute atomic E-state index is 0.00987. The van der Waals surface area contributed by atoms with Crippen LogP contribution < -0.4 is 16.2 Å². The Bertz CT molecular complexity index is 382. The smallest absolute Gasteiger partial charge is 0.250 e. The Labute approximate surface area is 85.4 Å². The van der Waals surface area contributed by atoms with Crippen molar-refractivity contribution < 1.29 is 19.0 Å². The summed E-state index contributed by atoms with van der Waals surface area (Å²) in [5, 5.41) is 8.49. The molecule has 0 fully saturated rings. The molecule has 5 N–H and O–H groups in total. The number of carbonyl (C=O) groups is 1. The minimum atomic E-state index is -0.763. The fourth-order valence-electron chi connectivity index (χ4n) is 1.05.